The van der Waals surface area contributed by atoms with E-state index in [4.69, 9.17) is 0 Å². The standard InChI is InChI=1S/C9H15N3/c1-11-7-3-4-8(11)9-5-6-10-12(9)2/h5-6,8H,3-4,7H2,1-2H3/t8-/m0/s1. The first-order chi connectivity index (χ1) is 5.79. The normalized spacial score (nSPS) is 25.0. The van der Waals surface area contributed by atoms with Gasteiger partial charge in [-0.3, -0.25) is 9.58 Å². The lowest BCUT2D eigenvalue weighted by molar-refractivity contribution is 0.304. The van der Waals surface area contributed by atoms with Gasteiger partial charge in [-0.05, 0) is 32.5 Å². The molecular formula is C9H15N3. The SMILES string of the molecule is CN1CCC[C@H]1c1ccnn1C. The maximum atomic E-state index is 4.19. The lowest BCUT2D eigenvalue weighted by Gasteiger charge is -2.19. The van der Waals surface area contributed by atoms with Gasteiger partial charge < -0.3 is 0 Å². The van der Waals surface area contributed by atoms with Gasteiger partial charge in [0.05, 0.1) is 11.7 Å². The smallest absolute Gasteiger partial charge is 0.0552 e. The van der Waals surface area contributed by atoms with E-state index in [1.807, 2.05) is 17.9 Å². The fourth-order valence-electron chi connectivity index (χ4n) is 1.99. The van der Waals surface area contributed by atoms with Gasteiger partial charge in [-0.15, -0.1) is 0 Å². The Morgan fingerprint density at radius 1 is 1.50 bits per heavy atom. The van der Waals surface area contributed by atoms with Gasteiger partial charge in [0.2, 0.25) is 0 Å². The molecule has 12 heavy (non-hydrogen) atoms. The van der Waals surface area contributed by atoms with Gasteiger partial charge in [0.15, 0.2) is 0 Å². The van der Waals surface area contributed by atoms with Gasteiger partial charge in [-0.2, -0.15) is 5.10 Å². The van der Waals surface area contributed by atoms with Crippen LogP contribution in [0.5, 0.6) is 0 Å². The van der Waals surface area contributed by atoms with E-state index < -0.39 is 0 Å². The van der Waals surface area contributed by atoms with Crippen LogP contribution in [0.25, 0.3) is 0 Å². The van der Waals surface area contributed by atoms with E-state index in [0.717, 1.165) is 0 Å². The van der Waals surface area contributed by atoms with Gasteiger partial charge in [0.25, 0.3) is 0 Å². The van der Waals surface area contributed by atoms with Gasteiger partial charge >= 0.3 is 0 Å². The van der Waals surface area contributed by atoms with Crippen molar-refractivity contribution in [3.05, 3.63) is 18.0 Å². The van der Waals surface area contributed by atoms with Crippen molar-refractivity contribution in [3.63, 3.8) is 0 Å². The van der Waals surface area contributed by atoms with E-state index in [1.54, 1.807) is 0 Å². The van der Waals surface area contributed by atoms with E-state index in [9.17, 15) is 0 Å². The van der Waals surface area contributed by atoms with Crippen LogP contribution in [0.2, 0.25) is 0 Å². The highest BCUT2D eigenvalue weighted by Crippen LogP contribution is 2.29. The summed E-state index contributed by atoms with van der Waals surface area (Å²) < 4.78 is 1.98. The van der Waals surface area contributed by atoms with E-state index in [2.05, 4.69) is 23.1 Å². The van der Waals surface area contributed by atoms with Crippen LogP contribution in [0, 0.1) is 0 Å². The Labute approximate surface area is 73.0 Å². The van der Waals surface area contributed by atoms with E-state index in [1.165, 1.54) is 25.1 Å². The third kappa shape index (κ3) is 1.14. The van der Waals surface area contributed by atoms with E-state index in [0.29, 0.717) is 6.04 Å². The lowest BCUT2D eigenvalue weighted by Crippen LogP contribution is -2.19. The second-order valence-electron chi connectivity index (χ2n) is 3.52. The molecule has 1 aromatic heterocycles. The summed E-state index contributed by atoms with van der Waals surface area (Å²) in [6.45, 7) is 1.22. The lowest BCUT2D eigenvalue weighted by atomic mass is 10.1. The number of hydrogen-bond acceptors (Lipinski definition) is 2. The largest absolute Gasteiger partial charge is 0.298 e. The summed E-state index contributed by atoms with van der Waals surface area (Å²) in [4.78, 5) is 2.40. The maximum absolute atomic E-state index is 4.19. The number of nitrogens with zero attached hydrogens (tertiary/aromatic N) is 3. The molecule has 1 aromatic rings. The first-order valence-corrected chi connectivity index (χ1v) is 4.47. The van der Waals surface area contributed by atoms with Gasteiger partial charge in [-0.1, -0.05) is 0 Å². The molecule has 0 spiro atoms. The first kappa shape index (κ1) is 7.80. The Morgan fingerprint density at radius 2 is 2.33 bits per heavy atom. The van der Waals surface area contributed by atoms with Crippen molar-refractivity contribution in [3.8, 4) is 0 Å². The molecule has 0 N–H and O–H groups in total. The molecule has 1 atom stereocenters. The summed E-state index contributed by atoms with van der Waals surface area (Å²) in [6.07, 6.45) is 4.46. The Kier molecular flexibility index (Phi) is 1.89. The third-order valence-electron chi connectivity index (χ3n) is 2.72. The summed E-state index contributed by atoms with van der Waals surface area (Å²) in [5.74, 6) is 0. The van der Waals surface area contributed by atoms with E-state index in [-0.39, 0.29) is 0 Å². The van der Waals surface area contributed by atoms with Crippen molar-refractivity contribution in [1.29, 1.82) is 0 Å². The Morgan fingerprint density at radius 3 is 2.83 bits per heavy atom. The predicted molar refractivity (Wildman–Crippen MR) is 47.8 cm³/mol. The van der Waals surface area contributed by atoms with Gasteiger partial charge in [0, 0.05) is 13.2 Å². The van der Waals surface area contributed by atoms with Crippen LogP contribution < -0.4 is 0 Å². The van der Waals surface area contributed by atoms with Gasteiger partial charge in [-0.25, -0.2) is 0 Å². The predicted octanol–water partition coefficient (Wildman–Crippen LogP) is 1.19. The molecule has 1 fully saturated rings. The molecule has 1 saturated heterocycles. The topological polar surface area (TPSA) is 21.1 Å². The number of likely N-dealkylation sites (tertiary alicyclic amines) is 1. The summed E-state index contributed by atoms with van der Waals surface area (Å²) in [7, 11) is 4.20. The molecule has 1 aliphatic rings. The van der Waals surface area contributed by atoms with Crippen molar-refractivity contribution >= 4 is 0 Å². The number of rotatable bonds is 1. The molecule has 2 heterocycles. The van der Waals surface area contributed by atoms with Gasteiger partial charge in [0.1, 0.15) is 0 Å². The van der Waals surface area contributed by atoms with Crippen LogP contribution in [0.1, 0.15) is 24.6 Å². The second kappa shape index (κ2) is 2.90. The monoisotopic (exact) mass is 165 g/mol. The maximum Gasteiger partial charge on any atom is 0.0552 e. The zero-order valence-electron chi connectivity index (χ0n) is 7.70. The Balaban J connectivity index is 2.24. The third-order valence-corrected chi connectivity index (χ3v) is 2.72. The molecule has 0 radical (unpaired) electrons. The average molecular weight is 165 g/mol. The molecule has 0 saturated carbocycles. The zero-order valence-corrected chi connectivity index (χ0v) is 7.70. The molecule has 0 unspecified atom stereocenters. The average Bonchev–Trinajstić information content (AvgIpc) is 2.59. The molecule has 0 aliphatic carbocycles. The van der Waals surface area contributed by atoms with E-state index >= 15 is 0 Å². The number of aromatic nitrogens is 2. The van der Waals surface area contributed by atoms with Crippen molar-refractivity contribution < 1.29 is 0 Å². The highest BCUT2D eigenvalue weighted by atomic mass is 15.3. The first-order valence-electron chi connectivity index (χ1n) is 4.47. The molecule has 3 heteroatoms. The Hall–Kier alpha value is -0.830. The van der Waals surface area contributed by atoms with Crippen LogP contribution >= 0.6 is 0 Å². The Bertz CT molecular complexity index is 266. The summed E-state index contributed by atoms with van der Waals surface area (Å²) >= 11 is 0. The summed E-state index contributed by atoms with van der Waals surface area (Å²) in [5, 5.41) is 4.19. The quantitative estimate of drug-likeness (QED) is 0.623. The fraction of sp³-hybridized carbons (Fsp3) is 0.667. The minimum atomic E-state index is 0.595. The molecule has 3 nitrogen and oxygen atoms in total. The van der Waals surface area contributed by atoms with Crippen LogP contribution in [0.4, 0.5) is 0 Å². The molecule has 1 aliphatic heterocycles. The van der Waals surface area contributed by atoms with Crippen molar-refractivity contribution in [1.82, 2.24) is 14.7 Å². The van der Waals surface area contributed by atoms with Crippen molar-refractivity contribution in [2.45, 2.75) is 18.9 Å². The minimum absolute atomic E-state index is 0.595. The molecular weight excluding hydrogens is 150 g/mol. The summed E-state index contributed by atoms with van der Waals surface area (Å²) in [6, 6.07) is 2.71. The van der Waals surface area contributed by atoms with Crippen LogP contribution in [-0.4, -0.2) is 28.3 Å². The van der Waals surface area contributed by atoms with Crippen LogP contribution in [0.15, 0.2) is 12.3 Å². The fourth-order valence-corrected chi connectivity index (χ4v) is 1.99. The summed E-state index contributed by atoms with van der Waals surface area (Å²) in [5.41, 5.74) is 1.34. The van der Waals surface area contributed by atoms with Crippen molar-refractivity contribution in [2.75, 3.05) is 13.6 Å². The zero-order chi connectivity index (χ0) is 8.55. The highest BCUT2D eigenvalue weighted by Gasteiger charge is 2.24. The van der Waals surface area contributed by atoms with Crippen LogP contribution in [-0.2, 0) is 7.05 Å². The molecule has 0 bridgehead atoms. The molecule has 0 amide bonds. The number of aryl methyl sites for hydroxylation is 1. The minimum Gasteiger partial charge on any atom is -0.298 e. The number of hydrogen-bond donors (Lipinski definition) is 0. The second-order valence-corrected chi connectivity index (χ2v) is 3.52. The highest BCUT2D eigenvalue weighted by molar-refractivity contribution is 5.08. The molecule has 0 aromatic carbocycles. The van der Waals surface area contributed by atoms with Crippen LogP contribution in [0.3, 0.4) is 0 Å². The molecule has 2 rings (SSSR count). The van der Waals surface area contributed by atoms with Crippen molar-refractivity contribution in [2.24, 2.45) is 7.05 Å². The molecule has 66 valence electrons.